The Hall–Kier alpha value is -1.36. The van der Waals surface area contributed by atoms with Crippen LogP contribution in [0.5, 0.6) is 0 Å². The Morgan fingerprint density at radius 2 is 2.11 bits per heavy atom. The summed E-state index contributed by atoms with van der Waals surface area (Å²) in [5.41, 5.74) is 8.30. The van der Waals surface area contributed by atoms with Gasteiger partial charge in [0.2, 0.25) is 5.91 Å². The zero-order valence-electron chi connectivity index (χ0n) is 12.9. The van der Waals surface area contributed by atoms with Crippen LogP contribution >= 0.6 is 0 Å². The number of hydrogen-bond donors (Lipinski definition) is 2. The maximum Gasteiger partial charge on any atom is 0.237 e. The van der Waals surface area contributed by atoms with E-state index in [1.165, 1.54) is 11.3 Å². The molecule has 5 nitrogen and oxygen atoms in total. The molecule has 0 radical (unpaired) electrons. The molecule has 2 atom stereocenters. The maximum atomic E-state index is 11.6. The Kier molecular flexibility index (Phi) is 4.74. The van der Waals surface area contributed by atoms with E-state index < -0.39 is 5.54 Å². The molecule has 0 aliphatic rings. The number of nitrogens with two attached hydrogens (primary N) is 1. The molecule has 108 valence electrons. The van der Waals surface area contributed by atoms with Gasteiger partial charge < -0.3 is 11.1 Å². The van der Waals surface area contributed by atoms with Crippen molar-refractivity contribution in [3.05, 3.63) is 17.0 Å². The predicted octanol–water partition coefficient (Wildman–Crippen LogP) is 1.48. The second-order valence-corrected chi connectivity index (χ2v) is 5.45. The number of likely N-dealkylation sites (N-methyl/N-ethyl adjacent to an activating group) is 1. The minimum atomic E-state index is -0.710. The summed E-state index contributed by atoms with van der Waals surface area (Å²) in [6.45, 7) is 10.1. The summed E-state index contributed by atoms with van der Waals surface area (Å²) >= 11 is 0. The summed E-state index contributed by atoms with van der Waals surface area (Å²) in [7, 11) is 1.76. The van der Waals surface area contributed by atoms with Gasteiger partial charge in [-0.1, -0.05) is 6.92 Å². The van der Waals surface area contributed by atoms with E-state index in [0.29, 0.717) is 6.42 Å². The quantitative estimate of drug-likeness (QED) is 0.819. The fourth-order valence-electron chi connectivity index (χ4n) is 2.64. The predicted molar refractivity (Wildman–Crippen MR) is 77.1 cm³/mol. The molecule has 3 N–H and O–H groups in total. The van der Waals surface area contributed by atoms with Gasteiger partial charge in [0.05, 0.1) is 17.3 Å². The molecular formula is C14H26N4O. The molecule has 0 fully saturated rings. The van der Waals surface area contributed by atoms with Crippen molar-refractivity contribution in [2.75, 3.05) is 7.05 Å². The smallest absolute Gasteiger partial charge is 0.237 e. The highest BCUT2D eigenvalue weighted by Crippen LogP contribution is 2.24. The lowest BCUT2D eigenvalue weighted by Gasteiger charge is -2.29. The first-order chi connectivity index (χ1) is 8.76. The Morgan fingerprint density at radius 3 is 2.47 bits per heavy atom. The highest BCUT2D eigenvalue weighted by molar-refractivity contribution is 5.84. The second-order valence-electron chi connectivity index (χ2n) is 5.45. The molecule has 1 heterocycles. The van der Waals surface area contributed by atoms with Crippen LogP contribution in [0.4, 0.5) is 0 Å². The SMILES string of the molecule is CCc1c(C)nn(C(C)CC(C)(NC)C(N)=O)c1C. The zero-order valence-corrected chi connectivity index (χ0v) is 12.9. The second kappa shape index (κ2) is 5.74. The molecule has 0 aromatic carbocycles. The van der Waals surface area contributed by atoms with Crippen molar-refractivity contribution in [2.24, 2.45) is 5.73 Å². The van der Waals surface area contributed by atoms with Crippen molar-refractivity contribution < 1.29 is 4.79 Å². The van der Waals surface area contributed by atoms with Crippen molar-refractivity contribution in [2.45, 2.75) is 59.0 Å². The van der Waals surface area contributed by atoms with E-state index in [4.69, 9.17) is 5.73 Å². The summed E-state index contributed by atoms with van der Waals surface area (Å²) in [5, 5.41) is 7.61. The molecule has 0 saturated carbocycles. The van der Waals surface area contributed by atoms with Crippen molar-refractivity contribution in [1.29, 1.82) is 0 Å². The molecule has 1 aromatic heterocycles. The molecule has 1 rings (SSSR count). The first-order valence-corrected chi connectivity index (χ1v) is 6.80. The average Bonchev–Trinajstić information content (AvgIpc) is 2.63. The molecule has 19 heavy (non-hydrogen) atoms. The van der Waals surface area contributed by atoms with Gasteiger partial charge in [0.25, 0.3) is 0 Å². The zero-order chi connectivity index (χ0) is 14.8. The number of hydrogen-bond acceptors (Lipinski definition) is 3. The highest BCUT2D eigenvalue weighted by atomic mass is 16.1. The van der Waals surface area contributed by atoms with Crippen LogP contribution < -0.4 is 11.1 Å². The molecule has 5 heteroatoms. The number of aromatic nitrogens is 2. The lowest BCUT2D eigenvalue weighted by Crippen LogP contribution is -2.52. The minimum Gasteiger partial charge on any atom is -0.368 e. The number of rotatable bonds is 6. The molecule has 0 bridgehead atoms. The molecule has 0 aliphatic heterocycles. The van der Waals surface area contributed by atoms with Gasteiger partial charge in [-0.2, -0.15) is 5.10 Å². The van der Waals surface area contributed by atoms with Gasteiger partial charge in [-0.3, -0.25) is 9.48 Å². The van der Waals surface area contributed by atoms with Crippen LogP contribution in [0.1, 0.15) is 50.2 Å². The van der Waals surface area contributed by atoms with Gasteiger partial charge in [-0.25, -0.2) is 0 Å². The molecule has 1 aromatic rings. The number of carbonyl (C=O) groups is 1. The lowest BCUT2D eigenvalue weighted by molar-refractivity contribution is -0.124. The van der Waals surface area contributed by atoms with Crippen molar-refractivity contribution >= 4 is 5.91 Å². The Labute approximate surface area is 115 Å². The van der Waals surface area contributed by atoms with E-state index in [1.807, 2.05) is 18.5 Å². The average molecular weight is 266 g/mol. The van der Waals surface area contributed by atoms with Crippen LogP contribution in [-0.4, -0.2) is 28.3 Å². The molecule has 2 unspecified atom stereocenters. The van der Waals surface area contributed by atoms with E-state index in [2.05, 4.69) is 31.2 Å². The van der Waals surface area contributed by atoms with E-state index in [1.54, 1.807) is 7.05 Å². The van der Waals surface area contributed by atoms with Crippen LogP contribution in [0, 0.1) is 13.8 Å². The first kappa shape index (κ1) is 15.7. The molecule has 1 amide bonds. The number of aryl methyl sites for hydroxylation is 1. The van der Waals surface area contributed by atoms with E-state index in [0.717, 1.165) is 12.1 Å². The van der Waals surface area contributed by atoms with E-state index in [9.17, 15) is 4.79 Å². The minimum absolute atomic E-state index is 0.115. The molecule has 0 spiro atoms. The van der Waals surface area contributed by atoms with Gasteiger partial charge in [-0.05, 0) is 53.1 Å². The lowest BCUT2D eigenvalue weighted by atomic mass is 9.93. The van der Waals surface area contributed by atoms with Gasteiger partial charge >= 0.3 is 0 Å². The van der Waals surface area contributed by atoms with Crippen molar-refractivity contribution in [1.82, 2.24) is 15.1 Å². The fourth-order valence-corrected chi connectivity index (χ4v) is 2.64. The van der Waals surface area contributed by atoms with Crippen LogP contribution in [0.15, 0.2) is 0 Å². The van der Waals surface area contributed by atoms with Gasteiger partial charge in [0, 0.05) is 5.69 Å². The first-order valence-electron chi connectivity index (χ1n) is 6.80. The molecule has 0 saturated heterocycles. The number of nitrogens with zero attached hydrogens (tertiary/aromatic N) is 2. The Morgan fingerprint density at radius 1 is 1.53 bits per heavy atom. The number of primary amides is 1. The van der Waals surface area contributed by atoms with Gasteiger partial charge in [0.15, 0.2) is 0 Å². The Balaban J connectivity index is 3.02. The largest absolute Gasteiger partial charge is 0.368 e. The topological polar surface area (TPSA) is 72.9 Å². The van der Waals surface area contributed by atoms with Crippen LogP contribution in [-0.2, 0) is 11.2 Å². The summed E-state index contributed by atoms with van der Waals surface area (Å²) in [4.78, 5) is 11.6. The van der Waals surface area contributed by atoms with Crippen LogP contribution in [0.2, 0.25) is 0 Å². The number of nitrogens with one attached hydrogen (secondary N) is 1. The van der Waals surface area contributed by atoms with E-state index >= 15 is 0 Å². The third-order valence-corrected chi connectivity index (χ3v) is 4.05. The monoisotopic (exact) mass is 266 g/mol. The summed E-state index contributed by atoms with van der Waals surface area (Å²) in [6, 6.07) is 0.115. The number of amides is 1. The van der Waals surface area contributed by atoms with Gasteiger partial charge in [0.1, 0.15) is 0 Å². The van der Waals surface area contributed by atoms with Crippen LogP contribution in [0.3, 0.4) is 0 Å². The standard InChI is InChI=1S/C14H26N4O/c1-7-12-10(3)17-18(11(12)4)9(2)8-14(5,16-6)13(15)19/h9,16H,7-8H2,1-6H3,(H2,15,19). The maximum absolute atomic E-state index is 11.6. The third-order valence-electron chi connectivity index (χ3n) is 4.05. The number of carbonyl (C=O) groups excluding carboxylic acids is 1. The molecule has 0 aliphatic carbocycles. The van der Waals surface area contributed by atoms with Crippen LogP contribution in [0.25, 0.3) is 0 Å². The fraction of sp³-hybridized carbons (Fsp3) is 0.714. The normalized spacial score (nSPS) is 16.1. The molecular weight excluding hydrogens is 240 g/mol. The Bertz CT molecular complexity index is 466. The van der Waals surface area contributed by atoms with Crippen molar-refractivity contribution in [3.8, 4) is 0 Å². The van der Waals surface area contributed by atoms with Gasteiger partial charge in [-0.15, -0.1) is 0 Å². The third kappa shape index (κ3) is 2.97. The summed E-state index contributed by atoms with van der Waals surface area (Å²) in [5.74, 6) is -0.334. The summed E-state index contributed by atoms with van der Waals surface area (Å²) in [6.07, 6.45) is 1.59. The van der Waals surface area contributed by atoms with Crippen molar-refractivity contribution in [3.63, 3.8) is 0 Å². The van der Waals surface area contributed by atoms with E-state index in [-0.39, 0.29) is 11.9 Å². The highest BCUT2D eigenvalue weighted by Gasteiger charge is 2.32. The summed E-state index contributed by atoms with van der Waals surface area (Å²) < 4.78 is 2.01.